The molecule has 4 heteroatoms. The van der Waals surface area contributed by atoms with E-state index in [0.717, 1.165) is 11.1 Å². The van der Waals surface area contributed by atoms with Gasteiger partial charge in [0.1, 0.15) is 5.75 Å². The van der Waals surface area contributed by atoms with Crippen molar-refractivity contribution in [2.24, 2.45) is 0 Å². The molecule has 0 unspecified atom stereocenters. The normalized spacial score (nSPS) is 11.7. The number of methoxy groups -OCH3 is 1. The lowest BCUT2D eigenvalue weighted by Crippen LogP contribution is -2.13. The van der Waals surface area contributed by atoms with E-state index in [-0.39, 0.29) is 0 Å². The monoisotopic (exact) mass is 232 g/mol. The molecule has 1 nitrogen and oxygen atoms in total. The van der Waals surface area contributed by atoms with Crippen molar-refractivity contribution in [2.75, 3.05) is 7.11 Å². The lowest BCUT2D eigenvalue weighted by atomic mass is 9.96. The van der Waals surface area contributed by atoms with Crippen LogP contribution in [-0.4, -0.2) is 13.3 Å². The standard InChI is InChI=1S/C12H15F3O/c1-7-5-10(6-12(13,14)15)8(2)9(3)11(7)16-4/h5H,6H2,1-4H3. The van der Waals surface area contributed by atoms with Gasteiger partial charge in [-0.25, -0.2) is 0 Å². The minimum atomic E-state index is -4.17. The van der Waals surface area contributed by atoms with E-state index in [0.29, 0.717) is 16.9 Å². The first-order chi connectivity index (χ1) is 7.26. The quantitative estimate of drug-likeness (QED) is 0.755. The van der Waals surface area contributed by atoms with Crippen LogP contribution in [-0.2, 0) is 6.42 Å². The predicted molar refractivity (Wildman–Crippen MR) is 57.0 cm³/mol. The van der Waals surface area contributed by atoms with Crippen molar-refractivity contribution in [1.29, 1.82) is 0 Å². The van der Waals surface area contributed by atoms with Gasteiger partial charge in [0.15, 0.2) is 0 Å². The average Bonchev–Trinajstić information content (AvgIpc) is 2.12. The zero-order valence-corrected chi connectivity index (χ0v) is 9.83. The van der Waals surface area contributed by atoms with Crippen LogP contribution in [0.2, 0.25) is 0 Å². The van der Waals surface area contributed by atoms with Gasteiger partial charge in [0.2, 0.25) is 0 Å². The number of alkyl halides is 3. The molecule has 0 saturated heterocycles. The fourth-order valence-corrected chi connectivity index (χ4v) is 1.86. The van der Waals surface area contributed by atoms with Crippen molar-refractivity contribution in [3.8, 4) is 5.75 Å². The van der Waals surface area contributed by atoms with Gasteiger partial charge in [-0.2, -0.15) is 13.2 Å². The predicted octanol–water partition coefficient (Wildman–Crippen LogP) is 3.73. The maximum absolute atomic E-state index is 12.3. The molecule has 1 rings (SSSR count). The van der Waals surface area contributed by atoms with Gasteiger partial charge < -0.3 is 4.74 Å². The molecule has 0 aromatic heterocycles. The SMILES string of the molecule is COc1c(C)cc(CC(F)(F)F)c(C)c1C. The van der Waals surface area contributed by atoms with E-state index >= 15 is 0 Å². The largest absolute Gasteiger partial charge is 0.496 e. The second kappa shape index (κ2) is 4.36. The van der Waals surface area contributed by atoms with Crippen LogP contribution < -0.4 is 4.74 Å². The number of ether oxygens (including phenoxy) is 1. The minimum Gasteiger partial charge on any atom is -0.496 e. The molecule has 0 aliphatic rings. The molecule has 0 bridgehead atoms. The van der Waals surface area contributed by atoms with E-state index in [1.54, 1.807) is 26.8 Å². The Morgan fingerprint density at radius 3 is 2.12 bits per heavy atom. The lowest BCUT2D eigenvalue weighted by molar-refractivity contribution is -0.127. The summed E-state index contributed by atoms with van der Waals surface area (Å²) in [4.78, 5) is 0. The van der Waals surface area contributed by atoms with Gasteiger partial charge in [0.05, 0.1) is 13.5 Å². The number of aryl methyl sites for hydroxylation is 1. The first kappa shape index (κ1) is 12.9. The molecule has 1 aromatic rings. The molecule has 0 spiro atoms. The molecule has 0 heterocycles. The number of hydrogen-bond donors (Lipinski definition) is 0. The third-order valence-corrected chi connectivity index (χ3v) is 2.73. The summed E-state index contributed by atoms with van der Waals surface area (Å²) in [6.45, 7) is 5.23. The van der Waals surface area contributed by atoms with Gasteiger partial charge in [0.25, 0.3) is 0 Å². The lowest BCUT2D eigenvalue weighted by Gasteiger charge is -2.16. The topological polar surface area (TPSA) is 9.23 Å². The summed E-state index contributed by atoms with van der Waals surface area (Å²) in [6, 6.07) is 1.55. The van der Waals surface area contributed by atoms with Crippen molar-refractivity contribution in [1.82, 2.24) is 0 Å². The van der Waals surface area contributed by atoms with Gasteiger partial charge in [0, 0.05) is 0 Å². The summed E-state index contributed by atoms with van der Waals surface area (Å²) < 4.78 is 42.2. The Hall–Kier alpha value is -1.19. The van der Waals surface area contributed by atoms with E-state index in [2.05, 4.69) is 0 Å². The first-order valence-electron chi connectivity index (χ1n) is 4.96. The maximum atomic E-state index is 12.3. The summed E-state index contributed by atoms with van der Waals surface area (Å²) in [5.74, 6) is 0.670. The van der Waals surface area contributed by atoms with Gasteiger partial charge >= 0.3 is 6.18 Å². The van der Waals surface area contributed by atoms with E-state index in [4.69, 9.17) is 4.74 Å². The maximum Gasteiger partial charge on any atom is 0.393 e. The number of halogens is 3. The first-order valence-corrected chi connectivity index (χ1v) is 4.96. The van der Waals surface area contributed by atoms with Gasteiger partial charge in [-0.15, -0.1) is 0 Å². The van der Waals surface area contributed by atoms with Crippen molar-refractivity contribution in [2.45, 2.75) is 33.4 Å². The smallest absolute Gasteiger partial charge is 0.393 e. The summed E-state index contributed by atoms with van der Waals surface area (Å²) in [7, 11) is 1.53. The Kier molecular flexibility index (Phi) is 3.51. The summed E-state index contributed by atoms with van der Waals surface area (Å²) >= 11 is 0. The molecule has 16 heavy (non-hydrogen) atoms. The third kappa shape index (κ3) is 2.68. The molecule has 0 aliphatic carbocycles. The van der Waals surface area contributed by atoms with Crippen LogP contribution in [0.3, 0.4) is 0 Å². The fraction of sp³-hybridized carbons (Fsp3) is 0.500. The van der Waals surface area contributed by atoms with Crippen molar-refractivity contribution >= 4 is 0 Å². The van der Waals surface area contributed by atoms with Crippen LogP contribution in [0.1, 0.15) is 22.3 Å². The second-order valence-corrected chi connectivity index (χ2v) is 3.93. The van der Waals surface area contributed by atoms with E-state index < -0.39 is 12.6 Å². The van der Waals surface area contributed by atoms with Crippen LogP contribution in [0.5, 0.6) is 5.75 Å². The average molecular weight is 232 g/mol. The van der Waals surface area contributed by atoms with Gasteiger partial charge in [-0.3, -0.25) is 0 Å². The van der Waals surface area contributed by atoms with Crippen LogP contribution in [0.15, 0.2) is 6.07 Å². The van der Waals surface area contributed by atoms with Crippen molar-refractivity contribution < 1.29 is 17.9 Å². The molecule has 0 amide bonds. The zero-order valence-electron chi connectivity index (χ0n) is 9.83. The molecule has 0 atom stereocenters. The molecule has 0 fully saturated rings. The fourth-order valence-electron chi connectivity index (χ4n) is 1.86. The summed E-state index contributed by atoms with van der Waals surface area (Å²) in [6.07, 6.45) is -5.05. The molecule has 0 saturated carbocycles. The Balaban J connectivity index is 3.23. The van der Waals surface area contributed by atoms with E-state index in [1.165, 1.54) is 7.11 Å². The zero-order chi connectivity index (χ0) is 12.5. The van der Waals surface area contributed by atoms with Crippen molar-refractivity contribution in [3.63, 3.8) is 0 Å². The van der Waals surface area contributed by atoms with Gasteiger partial charge in [-0.1, -0.05) is 6.07 Å². The number of rotatable bonds is 2. The van der Waals surface area contributed by atoms with Crippen LogP contribution in [0, 0.1) is 20.8 Å². The third-order valence-electron chi connectivity index (χ3n) is 2.73. The summed E-state index contributed by atoms with van der Waals surface area (Å²) in [5.41, 5.74) is 2.50. The Morgan fingerprint density at radius 1 is 1.12 bits per heavy atom. The number of benzene rings is 1. The van der Waals surface area contributed by atoms with Crippen LogP contribution >= 0.6 is 0 Å². The highest BCUT2D eigenvalue weighted by molar-refractivity contribution is 5.49. The molecule has 0 radical (unpaired) electrons. The Bertz CT molecular complexity index is 394. The molecule has 90 valence electrons. The highest BCUT2D eigenvalue weighted by Gasteiger charge is 2.29. The highest BCUT2D eigenvalue weighted by atomic mass is 19.4. The molecular weight excluding hydrogens is 217 g/mol. The molecule has 0 N–H and O–H groups in total. The molecule has 1 aromatic carbocycles. The second-order valence-electron chi connectivity index (χ2n) is 3.93. The van der Waals surface area contributed by atoms with Crippen molar-refractivity contribution in [3.05, 3.63) is 28.3 Å². The minimum absolute atomic E-state index is 0.323. The molecular formula is C12H15F3O. The van der Waals surface area contributed by atoms with Gasteiger partial charge in [-0.05, 0) is 43.0 Å². The Morgan fingerprint density at radius 2 is 1.69 bits per heavy atom. The van der Waals surface area contributed by atoms with E-state index in [1.807, 2.05) is 0 Å². The highest BCUT2D eigenvalue weighted by Crippen LogP contribution is 2.31. The van der Waals surface area contributed by atoms with Crippen LogP contribution in [0.25, 0.3) is 0 Å². The Labute approximate surface area is 93.2 Å². The molecule has 0 aliphatic heterocycles. The van der Waals surface area contributed by atoms with Crippen LogP contribution in [0.4, 0.5) is 13.2 Å². The summed E-state index contributed by atoms with van der Waals surface area (Å²) in [5, 5.41) is 0. The number of hydrogen-bond acceptors (Lipinski definition) is 1. The van der Waals surface area contributed by atoms with E-state index in [9.17, 15) is 13.2 Å².